The number of pyridine rings is 1. The highest BCUT2D eigenvalue weighted by Crippen LogP contribution is 2.30. The molecule has 1 unspecified atom stereocenters. The fourth-order valence-corrected chi connectivity index (χ4v) is 3.31. The van der Waals surface area contributed by atoms with Gasteiger partial charge in [-0.15, -0.1) is 0 Å². The minimum atomic E-state index is 0.447. The Kier molecular flexibility index (Phi) is 4.61. The highest BCUT2D eigenvalue weighted by Gasteiger charge is 2.21. The van der Waals surface area contributed by atoms with Crippen molar-refractivity contribution >= 4 is 17.9 Å². The van der Waals surface area contributed by atoms with Gasteiger partial charge in [-0.25, -0.2) is 0 Å². The minimum absolute atomic E-state index is 0.447. The number of hydrogen-bond donors (Lipinski definition) is 2. The van der Waals surface area contributed by atoms with E-state index in [1.165, 1.54) is 30.2 Å². The SMILES string of the molecule is CC(C)CC1CCc2[nH]c(=S)c(/C(N)=C/C#N)cc2C1. The second-order valence-electron chi connectivity index (χ2n) is 5.98. The molecule has 0 bridgehead atoms. The van der Waals surface area contributed by atoms with Crippen molar-refractivity contribution < 1.29 is 0 Å². The number of allylic oxidation sites excluding steroid dienone is 1. The first-order chi connectivity index (χ1) is 9.51. The van der Waals surface area contributed by atoms with Crippen molar-refractivity contribution in [3.05, 3.63) is 33.6 Å². The van der Waals surface area contributed by atoms with Crippen LogP contribution < -0.4 is 5.73 Å². The van der Waals surface area contributed by atoms with Crippen molar-refractivity contribution in [3.8, 4) is 6.07 Å². The predicted octanol–water partition coefficient (Wildman–Crippen LogP) is 3.72. The van der Waals surface area contributed by atoms with E-state index in [9.17, 15) is 0 Å². The first kappa shape index (κ1) is 14.8. The molecule has 20 heavy (non-hydrogen) atoms. The number of H-pyrrole nitrogens is 1. The summed E-state index contributed by atoms with van der Waals surface area (Å²) in [6, 6.07) is 4.03. The van der Waals surface area contributed by atoms with E-state index in [1.54, 1.807) is 0 Å². The normalized spacial score (nSPS) is 18.7. The molecular formula is C16H21N3S. The molecule has 1 atom stereocenters. The second kappa shape index (κ2) is 6.23. The largest absolute Gasteiger partial charge is 0.398 e. The topological polar surface area (TPSA) is 65.6 Å². The first-order valence-electron chi connectivity index (χ1n) is 7.12. The van der Waals surface area contributed by atoms with Gasteiger partial charge in [0.05, 0.1) is 11.8 Å². The highest BCUT2D eigenvalue weighted by molar-refractivity contribution is 7.71. The quantitative estimate of drug-likeness (QED) is 0.658. The molecule has 3 N–H and O–H groups in total. The number of aromatic nitrogens is 1. The van der Waals surface area contributed by atoms with Crippen molar-refractivity contribution in [2.75, 3.05) is 0 Å². The van der Waals surface area contributed by atoms with Gasteiger partial charge >= 0.3 is 0 Å². The third kappa shape index (κ3) is 3.29. The summed E-state index contributed by atoms with van der Waals surface area (Å²) in [6.07, 6.45) is 5.96. The average molecular weight is 287 g/mol. The molecule has 106 valence electrons. The maximum Gasteiger partial charge on any atom is 0.112 e. The van der Waals surface area contributed by atoms with Crippen molar-refractivity contribution in [2.45, 2.75) is 39.5 Å². The van der Waals surface area contributed by atoms with Crippen LogP contribution in [-0.4, -0.2) is 4.98 Å². The van der Waals surface area contributed by atoms with Crippen molar-refractivity contribution in [3.63, 3.8) is 0 Å². The Labute approximate surface area is 125 Å². The Morgan fingerprint density at radius 3 is 3.05 bits per heavy atom. The first-order valence-corrected chi connectivity index (χ1v) is 7.52. The van der Waals surface area contributed by atoms with Crippen LogP contribution in [0.5, 0.6) is 0 Å². The monoisotopic (exact) mass is 287 g/mol. The van der Waals surface area contributed by atoms with Gasteiger partial charge in [0.15, 0.2) is 0 Å². The number of hydrogen-bond acceptors (Lipinski definition) is 3. The Morgan fingerprint density at radius 1 is 1.65 bits per heavy atom. The molecule has 0 amide bonds. The Bertz CT molecular complexity index is 620. The molecule has 0 aliphatic heterocycles. The molecule has 1 aromatic rings. The molecule has 0 spiro atoms. The summed E-state index contributed by atoms with van der Waals surface area (Å²) in [5.41, 5.74) is 9.68. The van der Waals surface area contributed by atoms with Gasteiger partial charge in [0.2, 0.25) is 0 Å². The lowest BCUT2D eigenvalue weighted by molar-refractivity contribution is 0.367. The van der Waals surface area contributed by atoms with Crippen LogP contribution in [0.2, 0.25) is 0 Å². The molecule has 0 saturated heterocycles. The lowest BCUT2D eigenvalue weighted by Gasteiger charge is -2.26. The molecule has 4 heteroatoms. The number of rotatable bonds is 3. The van der Waals surface area contributed by atoms with Gasteiger partial charge in [0.1, 0.15) is 4.64 Å². The summed E-state index contributed by atoms with van der Waals surface area (Å²) in [7, 11) is 0. The summed E-state index contributed by atoms with van der Waals surface area (Å²) < 4.78 is 0.634. The van der Waals surface area contributed by atoms with E-state index in [2.05, 4.69) is 24.9 Å². The lowest BCUT2D eigenvalue weighted by Crippen LogP contribution is -2.18. The third-order valence-electron chi connectivity index (χ3n) is 3.86. The van der Waals surface area contributed by atoms with Crippen LogP contribution in [0.25, 0.3) is 5.70 Å². The number of nitrogens with one attached hydrogen (secondary N) is 1. The molecule has 0 radical (unpaired) electrons. The molecule has 1 heterocycles. The van der Waals surface area contributed by atoms with Crippen LogP contribution in [0.1, 0.15) is 43.5 Å². The number of aromatic amines is 1. The lowest BCUT2D eigenvalue weighted by atomic mass is 9.81. The zero-order valence-electron chi connectivity index (χ0n) is 12.1. The zero-order valence-corrected chi connectivity index (χ0v) is 12.9. The van der Waals surface area contributed by atoms with Gasteiger partial charge in [-0.2, -0.15) is 5.26 Å². The second-order valence-corrected chi connectivity index (χ2v) is 6.39. The average Bonchev–Trinajstić information content (AvgIpc) is 2.38. The van der Waals surface area contributed by atoms with Crippen LogP contribution in [0.3, 0.4) is 0 Å². The van der Waals surface area contributed by atoms with Gasteiger partial charge in [0, 0.05) is 17.3 Å². The van der Waals surface area contributed by atoms with Gasteiger partial charge in [-0.05, 0) is 49.1 Å². The molecule has 1 aliphatic carbocycles. The molecule has 2 rings (SSSR count). The molecule has 3 nitrogen and oxygen atoms in total. The summed E-state index contributed by atoms with van der Waals surface area (Å²) >= 11 is 5.34. The van der Waals surface area contributed by atoms with E-state index in [-0.39, 0.29) is 0 Å². The predicted molar refractivity (Wildman–Crippen MR) is 84.4 cm³/mol. The number of nitrogens with zero attached hydrogens (tertiary/aromatic N) is 1. The molecule has 0 saturated carbocycles. The Balaban J connectivity index is 2.33. The number of nitrogens with two attached hydrogens (primary N) is 1. The van der Waals surface area contributed by atoms with Gasteiger partial charge in [0.25, 0.3) is 0 Å². The van der Waals surface area contributed by atoms with E-state index in [1.807, 2.05) is 6.07 Å². The molecule has 0 fully saturated rings. The fraction of sp³-hybridized carbons (Fsp3) is 0.500. The molecular weight excluding hydrogens is 266 g/mol. The van der Waals surface area contributed by atoms with E-state index >= 15 is 0 Å². The molecule has 1 aromatic heterocycles. The standard InChI is InChI=1S/C16H21N3S/c1-10(2)7-11-3-4-15-12(8-11)9-13(16(20)19-15)14(18)5-6-17/h5,9-11H,3-4,7-8,18H2,1-2H3,(H,19,20)/b14-5-. The zero-order chi connectivity index (χ0) is 14.7. The van der Waals surface area contributed by atoms with Crippen LogP contribution in [0, 0.1) is 27.8 Å². The van der Waals surface area contributed by atoms with Gasteiger partial charge < -0.3 is 10.7 Å². The highest BCUT2D eigenvalue weighted by atomic mass is 32.1. The summed E-state index contributed by atoms with van der Waals surface area (Å²) in [5.74, 6) is 1.47. The van der Waals surface area contributed by atoms with Crippen molar-refractivity contribution in [1.82, 2.24) is 4.98 Å². The van der Waals surface area contributed by atoms with Crippen LogP contribution in [0.15, 0.2) is 12.1 Å². The van der Waals surface area contributed by atoms with Crippen LogP contribution in [0.4, 0.5) is 0 Å². The van der Waals surface area contributed by atoms with E-state index in [4.69, 9.17) is 23.2 Å². The molecule has 1 aliphatic rings. The Morgan fingerprint density at radius 2 is 2.40 bits per heavy atom. The Hall–Kier alpha value is -1.60. The third-order valence-corrected chi connectivity index (χ3v) is 4.18. The number of nitriles is 1. The summed E-state index contributed by atoms with van der Waals surface area (Å²) in [4.78, 5) is 3.29. The maximum absolute atomic E-state index is 8.72. The van der Waals surface area contributed by atoms with E-state index in [0.29, 0.717) is 10.3 Å². The van der Waals surface area contributed by atoms with Crippen molar-refractivity contribution in [2.24, 2.45) is 17.6 Å². The maximum atomic E-state index is 8.72. The van der Waals surface area contributed by atoms with Crippen LogP contribution >= 0.6 is 12.2 Å². The van der Waals surface area contributed by atoms with Gasteiger partial charge in [-0.3, -0.25) is 0 Å². The van der Waals surface area contributed by atoms with E-state index < -0.39 is 0 Å². The van der Waals surface area contributed by atoms with E-state index in [0.717, 1.165) is 30.2 Å². The summed E-state index contributed by atoms with van der Waals surface area (Å²) in [6.45, 7) is 4.54. The smallest absolute Gasteiger partial charge is 0.112 e. The fourth-order valence-electron chi connectivity index (χ4n) is 3.01. The minimum Gasteiger partial charge on any atom is -0.398 e. The molecule has 0 aromatic carbocycles. The summed E-state index contributed by atoms with van der Waals surface area (Å²) in [5, 5.41) is 8.72. The van der Waals surface area contributed by atoms with Crippen molar-refractivity contribution in [1.29, 1.82) is 5.26 Å². The number of aryl methyl sites for hydroxylation is 1. The number of fused-ring (bicyclic) bond motifs is 1. The van der Waals surface area contributed by atoms with Gasteiger partial charge in [-0.1, -0.05) is 26.1 Å². The van der Waals surface area contributed by atoms with Crippen LogP contribution in [-0.2, 0) is 12.8 Å².